The molecular formula is C17H22Cl2N4O. The van der Waals surface area contributed by atoms with Gasteiger partial charge in [0.05, 0.1) is 12.1 Å². The van der Waals surface area contributed by atoms with E-state index in [0.29, 0.717) is 16.8 Å². The Morgan fingerprint density at radius 2 is 2.21 bits per heavy atom. The molecule has 130 valence electrons. The maximum atomic E-state index is 12.4. The highest BCUT2D eigenvalue weighted by molar-refractivity contribution is 6.31. The number of nitrogens with one attached hydrogen (secondary N) is 2. The average molecular weight is 369 g/mol. The minimum atomic E-state index is -0.181. The molecule has 0 radical (unpaired) electrons. The number of aromatic nitrogens is 2. The monoisotopic (exact) mass is 368 g/mol. The Morgan fingerprint density at radius 1 is 1.42 bits per heavy atom. The van der Waals surface area contributed by atoms with Gasteiger partial charge in [-0.25, -0.2) is 0 Å². The summed E-state index contributed by atoms with van der Waals surface area (Å²) in [5.74, 6) is -0.181. The Labute approximate surface area is 153 Å². The SMILES string of the molecule is CC(NC(=O)c1ccn(C2CCCNC2)n1)c1ccccc1Cl.Cl. The molecule has 1 aliphatic heterocycles. The highest BCUT2D eigenvalue weighted by Gasteiger charge is 2.19. The van der Waals surface area contributed by atoms with E-state index >= 15 is 0 Å². The van der Waals surface area contributed by atoms with Crippen LogP contribution in [0.1, 0.15) is 47.9 Å². The number of amides is 1. The molecule has 1 aromatic carbocycles. The summed E-state index contributed by atoms with van der Waals surface area (Å²) in [5.41, 5.74) is 1.34. The topological polar surface area (TPSA) is 59.0 Å². The summed E-state index contributed by atoms with van der Waals surface area (Å²) in [6, 6.07) is 9.45. The number of piperidine rings is 1. The van der Waals surface area contributed by atoms with Crippen LogP contribution in [-0.2, 0) is 0 Å². The van der Waals surface area contributed by atoms with Crippen LogP contribution >= 0.6 is 24.0 Å². The fraction of sp³-hybridized carbons (Fsp3) is 0.412. The van der Waals surface area contributed by atoms with Crippen molar-refractivity contribution in [3.8, 4) is 0 Å². The fourth-order valence-corrected chi connectivity index (χ4v) is 3.20. The molecule has 2 aromatic rings. The molecule has 1 amide bonds. The van der Waals surface area contributed by atoms with E-state index in [4.69, 9.17) is 11.6 Å². The summed E-state index contributed by atoms with van der Waals surface area (Å²) < 4.78 is 1.89. The summed E-state index contributed by atoms with van der Waals surface area (Å²) in [6.45, 7) is 3.88. The van der Waals surface area contributed by atoms with Crippen molar-refractivity contribution >= 4 is 29.9 Å². The minimum absolute atomic E-state index is 0. The van der Waals surface area contributed by atoms with Crippen molar-refractivity contribution in [2.24, 2.45) is 0 Å². The highest BCUT2D eigenvalue weighted by atomic mass is 35.5. The first-order valence-electron chi connectivity index (χ1n) is 7.96. The van der Waals surface area contributed by atoms with E-state index in [1.54, 1.807) is 6.07 Å². The first-order chi connectivity index (χ1) is 11.1. The number of carbonyl (C=O) groups excluding carboxylic acids is 1. The van der Waals surface area contributed by atoms with Crippen LogP contribution in [0.2, 0.25) is 5.02 Å². The van der Waals surface area contributed by atoms with E-state index in [-0.39, 0.29) is 24.4 Å². The third-order valence-electron chi connectivity index (χ3n) is 4.21. The first-order valence-corrected chi connectivity index (χ1v) is 8.34. The molecule has 2 unspecified atom stereocenters. The van der Waals surface area contributed by atoms with Crippen LogP contribution in [0.5, 0.6) is 0 Å². The van der Waals surface area contributed by atoms with Gasteiger partial charge in [0.1, 0.15) is 5.69 Å². The van der Waals surface area contributed by atoms with Gasteiger partial charge in [0.2, 0.25) is 0 Å². The molecular weight excluding hydrogens is 347 g/mol. The van der Waals surface area contributed by atoms with Crippen molar-refractivity contribution in [1.82, 2.24) is 20.4 Å². The van der Waals surface area contributed by atoms with Crippen molar-refractivity contribution in [3.05, 3.63) is 52.8 Å². The normalized spacial score (nSPS) is 18.5. The van der Waals surface area contributed by atoms with E-state index in [0.717, 1.165) is 31.5 Å². The molecule has 0 spiro atoms. The maximum absolute atomic E-state index is 12.4. The second-order valence-electron chi connectivity index (χ2n) is 5.90. The van der Waals surface area contributed by atoms with Gasteiger partial charge in [0.25, 0.3) is 5.91 Å². The van der Waals surface area contributed by atoms with Crippen LogP contribution in [0.15, 0.2) is 36.5 Å². The lowest BCUT2D eigenvalue weighted by molar-refractivity contribution is 0.0933. The van der Waals surface area contributed by atoms with Gasteiger partial charge in [0, 0.05) is 17.8 Å². The molecule has 1 saturated heterocycles. The summed E-state index contributed by atoms with van der Waals surface area (Å²) in [7, 11) is 0. The molecule has 0 saturated carbocycles. The molecule has 2 atom stereocenters. The number of rotatable bonds is 4. The zero-order chi connectivity index (χ0) is 16.2. The molecule has 5 nitrogen and oxygen atoms in total. The lowest BCUT2D eigenvalue weighted by Gasteiger charge is -2.22. The van der Waals surface area contributed by atoms with Crippen molar-refractivity contribution in [1.29, 1.82) is 0 Å². The lowest BCUT2D eigenvalue weighted by atomic mass is 10.1. The summed E-state index contributed by atoms with van der Waals surface area (Å²) in [6.07, 6.45) is 4.11. The largest absolute Gasteiger partial charge is 0.344 e. The van der Waals surface area contributed by atoms with Gasteiger partial charge >= 0.3 is 0 Å². The van der Waals surface area contributed by atoms with E-state index < -0.39 is 0 Å². The molecule has 1 aliphatic rings. The average Bonchev–Trinajstić information content (AvgIpc) is 3.06. The third kappa shape index (κ3) is 4.29. The van der Waals surface area contributed by atoms with Crippen molar-refractivity contribution < 1.29 is 4.79 Å². The van der Waals surface area contributed by atoms with Gasteiger partial charge in [-0.3, -0.25) is 9.48 Å². The minimum Gasteiger partial charge on any atom is -0.344 e. The smallest absolute Gasteiger partial charge is 0.272 e. The van der Waals surface area contributed by atoms with Crippen LogP contribution in [0.25, 0.3) is 0 Å². The van der Waals surface area contributed by atoms with Crippen LogP contribution in [0, 0.1) is 0 Å². The maximum Gasteiger partial charge on any atom is 0.272 e. The van der Waals surface area contributed by atoms with Gasteiger partial charge in [-0.05, 0) is 44.0 Å². The molecule has 1 fully saturated rings. The Kier molecular flexibility index (Phi) is 6.66. The third-order valence-corrected chi connectivity index (χ3v) is 4.55. The zero-order valence-electron chi connectivity index (χ0n) is 13.5. The highest BCUT2D eigenvalue weighted by Crippen LogP contribution is 2.22. The van der Waals surface area contributed by atoms with Crippen LogP contribution in [0.3, 0.4) is 0 Å². The van der Waals surface area contributed by atoms with Crippen molar-refractivity contribution in [3.63, 3.8) is 0 Å². The van der Waals surface area contributed by atoms with E-state index in [2.05, 4.69) is 15.7 Å². The number of carbonyl (C=O) groups is 1. The summed E-state index contributed by atoms with van der Waals surface area (Å²) >= 11 is 6.18. The number of nitrogens with zero attached hydrogens (tertiary/aromatic N) is 2. The Bertz CT molecular complexity index is 683. The van der Waals surface area contributed by atoms with Crippen LogP contribution in [0.4, 0.5) is 0 Å². The zero-order valence-corrected chi connectivity index (χ0v) is 15.1. The lowest BCUT2D eigenvalue weighted by Crippen LogP contribution is -2.32. The predicted molar refractivity (Wildman–Crippen MR) is 97.9 cm³/mol. The number of hydrogen-bond donors (Lipinski definition) is 2. The first kappa shape index (κ1) is 18.8. The fourth-order valence-electron chi connectivity index (χ4n) is 2.90. The Balaban J connectivity index is 0.00000208. The van der Waals surface area contributed by atoms with Crippen LogP contribution in [-0.4, -0.2) is 28.8 Å². The molecule has 3 rings (SSSR count). The van der Waals surface area contributed by atoms with Gasteiger partial charge in [-0.1, -0.05) is 29.8 Å². The van der Waals surface area contributed by atoms with Crippen molar-refractivity contribution in [2.45, 2.75) is 31.8 Å². The second-order valence-corrected chi connectivity index (χ2v) is 6.31. The van der Waals surface area contributed by atoms with E-state index in [1.807, 2.05) is 42.1 Å². The van der Waals surface area contributed by atoms with E-state index in [1.165, 1.54) is 0 Å². The van der Waals surface area contributed by atoms with Gasteiger partial charge in [0.15, 0.2) is 0 Å². The quantitative estimate of drug-likeness (QED) is 0.869. The molecule has 0 bridgehead atoms. The van der Waals surface area contributed by atoms with Gasteiger partial charge in [-0.15, -0.1) is 12.4 Å². The predicted octanol–water partition coefficient (Wildman–Crippen LogP) is 3.37. The molecule has 2 N–H and O–H groups in total. The number of hydrogen-bond acceptors (Lipinski definition) is 3. The molecule has 7 heteroatoms. The number of halogens is 2. The molecule has 0 aliphatic carbocycles. The summed E-state index contributed by atoms with van der Waals surface area (Å²) in [4.78, 5) is 12.4. The van der Waals surface area contributed by atoms with Crippen molar-refractivity contribution in [2.75, 3.05) is 13.1 Å². The molecule has 1 aromatic heterocycles. The van der Waals surface area contributed by atoms with Crippen LogP contribution < -0.4 is 10.6 Å². The molecule has 2 heterocycles. The Hall–Kier alpha value is -1.56. The number of benzene rings is 1. The second kappa shape index (κ2) is 8.51. The van der Waals surface area contributed by atoms with Gasteiger partial charge < -0.3 is 10.6 Å². The standard InChI is InChI=1S/C17H21ClN4O.ClH/c1-12(14-6-2-3-7-15(14)18)20-17(23)16-8-10-22(21-16)13-5-4-9-19-11-13;/h2-3,6-8,10,12-13,19H,4-5,9,11H2,1H3,(H,20,23);1H. The van der Waals surface area contributed by atoms with Gasteiger partial charge in [-0.2, -0.15) is 5.10 Å². The summed E-state index contributed by atoms with van der Waals surface area (Å²) in [5, 5.41) is 11.4. The van der Waals surface area contributed by atoms with E-state index in [9.17, 15) is 4.79 Å². The Morgan fingerprint density at radius 3 is 2.92 bits per heavy atom. The molecule has 24 heavy (non-hydrogen) atoms.